The van der Waals surface area contributed by atoms with E-state index >= 15 is 0 Å². The molecule has 12 aromatic rings. The number of ketones is 2. The van der Waals surface area contributed by atoms with Gasteiger partial charge in [-0.2, -0.15) is 5.10 Å². The Labute approximate surface area is 492 Å². The molecule has 0 bridgehead atoms. The first-order valence-corrected chi connectivity index (χ1v) is 27.0. The van der Waals surface area contributed by atoms with Crippen LogP contribution >= 0.6 is 0 Å². The predicted molar refractivity (Wildman–Crippen MR) is 307 cm³/mol. The molecule has 22 heteroatoms. The lowest BCUT2D eigenvalue weighted by molar-refractivity contribution is 0.0940. The summed E-state index contributed by atoms with van der Waals surface area (Å²) in [6, 6.07) is 43.5. The van der Waals surface area contributed by atoms with Gasteiger partial charge in [0.1, 0.15) is 96.6 Å². The molecule has 1 amide bonds. The molecule has 0 aliphatic heterocycles. The predicted octanol–water partition coefficient (Wildman–Crippen LogP) is 12.3. The second-order valence-electron chi connectivity index (χ2n) is 19.4. The molecule has 1 N–H and O–H groups in total. The lowest BCUT2D eigenvalue weighted by Crippen LogP contribution is -2.25. The summed E-state index contributed by atoms with van der Waals surface area (Å²) in [6.45, 7) is 0.0374. The zero-order chi connectivity index (χ0) is 60.7. The van der Waals surface area contributed by atoms with Crippen molar-refractivity contribution in [3.05, 3.63) is 286 Å². The number of halogens is 6. The van der Waals surface area contributed by atoms with E-state index in [0.717, 1.165) is 0 Å². The number of pyridine rings is 3. The van der Waals surface area contributed by atoms with E-state index in [-0.39, 0.29) is 92.3 Å². The number of aromatic nitrogens is 9. The van der Waals surface area contributed by atoms with Gasteiger partial charge in [0.2, 0.25) is 0 Å². The van der Waals surface area contributed by atoms with Crippen LogP contribution in [0.1, 0.15) is 77.4 Å². The van der Waals surface area contributed by atoms with Gasteiger partial charge in [-0.05, 0) is 133 Å². The number of hydrogen-bond donors (Lipinski definition) is 1. The number of ether oxygens (including phenoxy) is 3. The van der Waals surface area contributed by atoms with Gasteiger partial charge in [0, 0.05) is 65.2 Å². The molecule has 0 saturated heterocycles. The van der Waals surface area contributed by atoms with E-state index in [0.29, 0.717) is 73.1 Å². The highest BCUT2D eigenvalue weighted by Gasteiger charge is 2.16. The van der Waals surface area contributed by atoms with Crippen molar-refractivity contribution in [2.24, 2.45) is 0 Å². The average Bonchev–Trinajstić information content (AvgIpc) is 3.94. The van der Waals surface area contributed by atoms with E-state index in [4.69, 9.17) is 14.2 Å². The number of fused-ring (bicyclic) bond motifs is 3. The number of rotatable bonds is 20. The van der Waals surface area contributed by atoms with Crippen molar-refractivity contribution in [2.75, 3.05) is 0 Å². The first-order valence-electron chi connectivity index (χ1n) is 27.0. The number of amides is 1. The fourth-order valence-corrected chi connectivity index (χ4v) is 8.82. The largest absolute Gasteiger partial charge is 0.489 e. The van der Waals surface area contributed by atoms with Gasteiger partial charge < -0.3 is 19.5 Å². The topological polar surface area (TPSA) is 181 Å². The SMILES string of the molecule is O=C(CCc1cc(OCc2ccccc2F)ccc1F)c1ccc2nncn2c1.O=C(CCc1cc(OCc2ccccc2F)ccc1F)c1ccn2cnnc2c1.O=C(NCc1cc(OCc2ccccc2F)ccc1F)c1cccc2ncnn12. The number of Topliss-reactive ketones (excluding diaryl/α,β-unsaturated/α-hetero) is 2. The third-order valence-electron chi connectivity index (χ3n) is 13.6. The van der Waals surface area contributed by atoms with Gasteiger partial charge in [0.15, 0.2) is 28.5 Å². The van der Waals surface area contributed by atoms with E-state index in [1.165, 1.54) is 77.8 Å². The summed E-state index contributed by atoms with van der Waals surface area (Å²) in [5.41, 5.74) is 5.25. The Balaban J connectivity index is 0.000000144. The second kappa shape index (κ2) is 28.0. The van der Waals surface area contributed by atoms with Crippen LogP contribution in [0.4, 0.5) is 26.3 Å². The Morgan fingerprint density at radius 1 is 0.448 bits per heavy atom. The van der Waals surface area contributed by atoms with Gasteiger partial charge in [0.05, 0.1) is 0 Å². The minimum absolute atomic E-state index is 0.0123. The van der Waals surface area contributed by atoms with Crippen LogP contribution in [0, 0.1) is 34.9 Å². The van der Waals surface area contributed by atoms with Gasteiger partial charge in [-0.3, -0.25) is 23.2 Å². The number of benzene rings is 6. The molecule has 0 saturated carbocycles. The molecule has 87 heavy (non-hydrogen) atoms. The van der Waals surface area contributed by atoms with E-state index in [1.54, 1.807) is 137 Å². The van der Waals surface area contributed by atoms with Gasteiger partial charge in [-0.1, -0.05) is 60.7 Å². The van der Waals surface area contributed by atoms with Crippen molar-refractivity contribution in [3.63, 3.8) is 0 Å². The van der Waals surface area contributed by atoms with Crippen LogP contribution in [-0.2, 0) is 39.2 Å². The summed E-state index contributed by atoms with van der Waals surface area (Å²) in [7, 11) is 0. The highest BCUT2D eigenvalue weighted by atomic mass is 19.1. The Hall–Kier alpha value is -11.0. The number of carbonyl (C=O) groups excluding carboxylic acids is 3. The van der Waals surface area contributed by atoms with Gasteiger partial charge in [-0.25, -0.2) is 35.8 Å². The normalized spacial score (nSPS) is 10.9. The minimum Gasteiger partial charge on any atom is -0.489 e. The molecule has 12 rings (SSSR count). The zero-order valence-corrected chi connectivity index (χ0v) is 46.0. The lowest BCUT2D eigenvalue weighted by atomic mass is 10.0. The quantitative estimate of drug-likeness (QED) is 0.0564. The lowest BCUT2D eigenvalue weighted by Gasteiger charge is -2.11. The smallest absolute Gasteiger partial charge is 0.270 e. The van der Waals surface area contributed by atoms with E-state index < -0.39 is 23.4 Å². The summed E-state index contributed by atoms with van der Waals surface area (Å²) in [5, 5.41) is 22.0. The van der Waals surface area contributed by atoms with Crippen LogP contribution in [-0.4, -0.2) is 61.3 Å². The zero-order valence-electron chi connectivity index (χ0n) is 46.0. The molecule has 0 atom stereocenters. The maximum Gasteiger partial charge on any atom is 0.270 e. The van der Waals surface area contributed by atoms with Gasteiger partial charge >= 0.3 is 0 Å². The van der Waals surface area contributed by atoms with E-state index in [1.807, 2.05) is 0 Å². The maximum absolute atomic E-state index is 14.2. The van der Waals surface area contributed by atoms with Crippen molar-refractivity contribution >= 4 is 34.4 Å². The van der Waals surface area contributed by atoms with E-state index in [9.17, 15) is 40.7 Å². The van der Waals surface area contributed by atoms with Crippen LogP contribution in [0.15, 0.2) is 201 Å². The molecular formula is C65H50F6N10O6. The molecule has 6 heterocycles. The van der Waals surface area contributed by atoms with Crippen LogP contribution in [0.3, 0.4) is 0 Å². The summed E-state index contributed by atoms with van der Waals surface area (Å²) in [4.78, 5) is 41.5. The first-order chi connectivity index (χ1) is 42.3. The standard InChI is InChI=1S/2C22H17F2N3O2.C21H16F2N4O2/c23-19-4-2-1-3-17(19)13-29-18-7-8-20(24)15(11-18)5-9-21(28)16-6-10-22-26-25-14-27(22)12-16;23-19-4-2-1-3-17(19)13-29-18-6-7-20(24)15(11-18)5-8-21(28)16-9-10-27-14-25-26-22(27)12-16;22-17-5-2-1-4-14(17)12-29-16-8-9-18(23)15(10-16)11-24-21(28)19-6-3-7-20-25-13-26-27(19)20/h1-4,6-8,10-12,14H,5,9,13H2;1-4,6-7,9-12,14H,5,8,13H2;1-10,13H,11-12H2,(H,24,28). The molecule has 16 nitrogen and oxygen atoms in total. The summed E-state index contributed by atoms with van der Waals surface area (Å²) in [5.74, 6) is -1.83. The summed E-state index contributed by atoms with van der Waals surface area (Å²) >= 11 is 0. The summed E-state index contributed by atoms with van der Waals surface area (Å²) < 4.78 is 105. The molecule has 6 aromatic heterocycles. The molecule has 0 unspecified atom stereocenters. The molecule has 0 spiro atoms. The Kier molecular flexibility index (Phi) is 19.1. The highest BCUT2D eigenvalue weighted by molar-refractivity contribution is 5.97. The molecule has 0 fully saturated rings. The van der Waals surface area contributed by atoms with Crippen molar-refractivity contribution in [1.82, 2.24) is 49.1 Å². The molecule has 6 aromatic carbocycles. The van der Waals surface area contributed by atoms with Crippen molar-refractivity contribution < 1.29 is 54.9 Å². The van der Waals surface area contributed by atoms with Crippen LogP contribution in [0.5, 0.6) is 17.2 Å². The monoisotopic (exact) mass is 1180 g/mol. The van der Waals surface area contributed by atoms with Crippen LogP contribution < -0.4 is 19.5 Å². The Morgan fingerprint density at radius 2 is 0.943 bits per heavy atom. The fraction of sp³-hybridized carbons (Fsp3) is 0.123. The highest BCUT2D eigenvalue weighted by Crippen LogP contribution is 2.24. The molecule has 0 aliphatic carbocycles. The van der Waals surface area contributed by atoms with Crippen LogP contribution in [0.2, 0.25) is 0 Å². The number of nitrogens with one attached hydrogen (secondary N) is 1. The average molecular weight is 1180 g/mol. The number of carbonyl (C=O) groups is 3. The Morgan fingerprint density at radius 3 is 1.51 bits per heavy atom. The van der Waals surface area contributed by atoms with E-state index in [2.05, 4.69) is 35.8 Å². The molecule has 438 valence electrons. The Bertz CT molecular complexity index is 4220. The first kappa shape index (κ1) is 59.1. The molecule has 0 aliphatic rings. The van der Waals surface area contributed by atoms with Gasteiger partial charge in [-0.15, -0.1) is 20.4 Å². The van der Waals surface area contributed by atoms with Crippen molar-refractivity contribution in [3.8, 4) is 17.2 Å². The molecule has 0 radical (unpaired) electrons. The third-order valence-corrected chi connectivity index (χ3v) is 13.6. The maximum atomic E-state index is 14.2. The number of hydrogen-bond acceptors (Lipinski definition) is 12. The molecular weight excluding hydrogens is 1130 g/mol. The van der Waals surface area contributed by atoms with Crippen molar-refractivity contribution in [2.45, 2.75) is 52.0 Å². The van der Waals surface area contributed by atoms with Gasteiger partial charge in [0.25, 0.3) is 5.91 Å². The fourth-order valence-electron chi connectivity index (χ4n) is 8.82. The number of nitrogens with zero attached hydrogens (tertiary/aromatic N) is 9. The van der Waals surface area contributed by atoms with Crippen molar-refractivity contribution in [1.29, 1.82) is 0 Å². The summed E-state index contributed by atoms with van der Waals surface area (Å²) in [6.07, 6.45) is 8.50. The van der Waals surface area contributed by atoms with Crippen LogP contribution in [0.25, 0.3) is 16.9 Å². The second-order valence-corrected chi connectivity index (χ2v) is 19.4. The third kappa shape index (κ3) is 15.4. The minimum atomic E-state index is -0.484. The number of aryl methyl sites for hydroxylation is 2.